The number of aromatic carboxylic acids is 1. The lowest BCUT2D eigenvalue weighted by molar-refractivity contribution is 0.0697. The monoisotopic (exact) mass is 262 g/mol. The standard InChI is InChI=1S/C14H11FO2S/c1-18-13-5-3-2-4-10(13)11-8-9(14(16)17)6-7-12(11)15/h2-8H,1H3,(H,16,17). The molecule has 0 atom stereocenters. The smallest absolute Gasteiger partial charge is 0.335 e. The third-order valence-electron chi connectivity index (χ3n) is 2.61. The second-order valence-corrected chi connectivity index (χ2v) is 4.55. The molecule has 0 aliphatic carbocycles. The van der Waals surface area contributed by atoms with Crippen molar-refractivity contribution in [1.29, 1.82) is 0 Å². The van der Waals surface area contributed by atoms with Crippen molar-refractivity contribution in [2.24, 2.45) is 0 Å². The maximum atomic E-state index is 13.8. The van der Waals surface area contributed by atoms with Crippen molar-refractivity contribution in [2.75, 3.05) is 6.26 Å². The van der Waals surface area contributed by atoms with Crippen LogP contribution in [0.4, 0.5) is 4.39 Å². The summed E-state index contributed by atoms with van der Waals surface area (Å²) in [4.78, 5) is 11.8. The van der Waals surface area contributed by atoms with Crippen LogP contribution >= 0.6 is 11.8 Å². The van der Waals surface area contributed by atoms with Gasteiger partial charge in [-0.2, -0.15) is 0 Å². The molecule has 0 amide bonds. The summed E-state index contributed by atoms with van der Waals surface area (Å²) in [5.74, 6) is -1.47. The Morgan fingerprint density at radius 2 is 1.89 bits per heavy atom. The molecule has 4 heteroatoms. The van der Waals surface area contributed by atoms with E-state index in [0.29, 0.717) is 11.1 Å². The number of carboxylic acid groups (broad SMARTS) is 1. The summed E-state index contributed by atoms with van der Waals surface area (Å²) < 4.78 is 13.8. The van der Waals surface area contributed by atoms with E-state index in [1.54, 1.807) is 6.07 Å². The third-order valence-corrected chi connectivity index (χ3v) is 3.41. The highest BCUT2D eigenvalue weighted by molar-refractivity contribution is 7.98. The van der Waals surface area contributed by atoms with Gasteiger partial charge in [0, 0.05) is 10.5 Å². The second kappa shape index (κ2) is 5.23. The number of hydrogen-bond donors (Lipinski definition) is 1. The number of thioether (sulfide) groups is 1. The van der Waals surface area contributed by atoms with E-state index in [1.807, 2.05) is 24.5 Å². The fourth-order valence-corrected chi connectivity index (χ4v) is 2.34. The van der Waals surface area contributed by atoms with E-state index in [0.717, 1.165) is 4.90 Å². The Kier molecular flexibility index (Phi) is 3.67. The van der Waals surface area contributed by atoms with E-state index in [4.69, 9.17) is 5.11 Å². The first-order valence-corrected chi connectivity index (χ1v) is 6.52. The molecule has 18 heavy (non-hydrogen) atoms. The maximum Gasteiger partial charge on any atom is 0.335 e. The van der Waals surface area contributed by atoms with Crippen molar-refractivity contribution in [3.63, 3.8) is 0 Å². The number of rotatable bonds is 3. The van der Waals surface area contributed by atoms with Gasteiger partial charge in [-0.05, 0) is 36.1 Å². The Balaban J connectivity index is 2.62. The molecule has 0 spiro atoms. The van der Waals surface area contributed by atoms with Crippen molar-refractivity contribution < 1.29 is 14.3 Å². The minimum absolute atomic E-state index is 0.0855. The van der Waals surface area contributed by atoms with Crippen LogP contribution in [0.5, 0.6) is 0 Å². The Bertz CT molecular complexity index is 596. The zero-order chi connectivity index (χ0) is 13.1. The summed E-state index contributed by atoms with van der Waals surface area (Å²) >= 11 is 1.50. The lowest BCUT2D eigenvalue weighted by Crippen LogP contribution is -1.98. The topological polar surface area (TPSA) is 37.3 Å². The number of carbonyl (C=O) groups is 1. The number of benzene rings is 2. The number of halogens is 1. The van der Waals surface area contributed by atoms with Crippen LogP contribution in [0.3, 0.4) is 0 Å². The average molecular weight is 262 g/mol. The largest absolute Gasteiger partial charge is 0.478 e. The highest BCUT2D eigenvalue weighted by atomic mass is 32.2. The molecule has 2 nitrogen and oxygen atoms in total. The van der Waals surface area contributed by atoms with E-state index < -0.39 is 11.8 Å². The summed E-state index contributed by atoms with van der Waals surface area (Å²) in [6.07, 6.45) is 1.90. The van der Waals surface area contributed by atoms with Gasteiger partial charge < -0.3 is 5.11 Å². The lowest BCUT2D eigenvalue weighted by Gasteiger charge is -2.09. The SMILES string of the molecule is CSc1ccccc1-c1cc(C(=O)O)ccc1F. The van der Waals surface area contributed by atoms with Crippen LogP contribution in [0, 0.1) is 5.82 Å². The normalized spacial score (nSPS) is 10.3. The van der Waals surface area contributed by atoms with E-state index in [-0.39, 0.29) is 5.56 Å². The fraction of sp³-hybridized carbons (Fsp3) is 0.0714. The molecule has 0 bridgehead atoms. The number of carboxylic acids is 1. The molecule has 0 unspecified atom stereocenters. The summed E-state index contributed by atoms with van der Waals surface area (Å²) in [7, 11) is 0. The van der Waals surface area contributed by atoms with Gasteiger partial charge in [-0.15, -0.1) is 11.8 Å². The molecule has 92 valence electrons. The first-order valence-electron chi connectivity index (χ1n) is 5.29. The summed E-state index contributed by atoms with van der Waals surface area (Å²) in [5, 5.41) is 8.95. The van der Waals surface area contributed by atoms with Gasteiger partial charge in [0.05, 0.1) is 5.56 Å². The zero-order valence-electron chi connectivity index (χ0n) is 9.68. The molecule has 0 aliphatic rings. The van der Waals surface area contributed by atoms with Gasteiger partial charge in [-0.25, -0.2) is 9.18 Å². The quantitative estimate of drug-likeness (QED) is 0.852. The van der Waals surface area contributed by atoms with Gasteiger partial charge in [-0.3, -0.25) is 0 Å². The van der Waals surface area contributed by atoms with E-state index >= 15 is 0 Å². The predicted molar refractivity (Wildman–Crippen MR) is 70.6 cm³/mol. The van der Waals surface area contributed by atoms with Crippen LogP contribution in [0.15, 0.2) is 47.4 Å². The van der Waals surface area contributed by atoms with Crippen LogP contribution in [0.2, 0.25) is 0 Å². The molecule has 0 heterocycles. The van der Waals surface area contributed by atoms with Gasteiger partial charge in [0.25, 0.3) is 0 Å². The number of hydrogen-bond acceptors (Lipinski definition) is 2. The van der Waals surface area contributed by atoms with Crippen LogP contribution < -0.4 is 0 Å². The molecule has 0 aliphatic heterocycles. The zero-order valence-corrected chi connectivity index (χ0v) is 10.5. The first-order chi connectivity index (χ1) is 8.63. The molecule has 0 saturated heterocycles. The Morgan fingerprint density at radius 1 is 1.17 bits per heavy atom. The molecule has 2 aromatic carbocycles. The summed E-state index contributed by atoms with van der Waals surface area (Å²) in [6.45, 7) is 0. The van der Waals surface area contributed by atoms with Gasteiger partial charge in [-0.1, -0.05) is 18.2 Å². The summed E-state index contributed by atoms with van der Waals surface area (Å²) in [5.41, 5.74) is 1.12. The average Bonchev–Trinajstić information content (AvgIpc) is 2.39. The Morgan fingerprint density at radius 3 is 2.56 bits per heavy atom. The highest BCUT2D eigenvalue weighted by Crippen LogP contribution is 2.32. The van der Waals surface area contributed by atoms with Gasteiger partial charge in [0.15, 0.2) is 0 Å². The molecule has 2 aromatic rings. The molecule has 0 radical (unpaired) electrons. The molecular formula is C14H11FO2S. The second-order valence-electron chi connectivity index (χ2n) is 3.70. The van der Waals surface area contributed by atoms with E-state index in [1.165, 1.54) is 30.0 Å². The third kappa shape index (κ3) is 2.38. The molecule has 1 N–H and O–H groups in total. The minimum Gasteiger partial charge on any atom is -0.478 e. The van der Waals surface area contributed by atoms with Crippen LogP contribution in [0.25, 0.3) is 11.1 Å². The van der Waals surface area contributed by atoms with Crippen LogP contribution in [0.1, 0.15) is 10.4 Å². The Labute approximate surface area is 108 Å². The van der Waals surface area contributed by atoms with Gasteiger partial charge in [0.2, 0.25) is 0 Å². The van der Waals surface area contributed by atoms with Gasteiger partial charge >= 0.3 is 5.97 Å². The van der Waals surface area contributed by atoms with Crippen molar-refractivity contribution in [2.45, 2.75) is 4.90 Å². The van der Waals surface area contributed by atoms with Crippen molar-refractivity contribution in [3.05, 3.63) is 53.8 Å². The first kappa shape index (κ1) is 12.6. The van der Waals surface area contributed by atoms with Crippen molar-refractivity contribution in [3.8, 4) is 11.1 Å². The summed E-state index contributed by atoms with van der Waals surface area (Å²) in [6, 6.07) is 11.2. The van der Waals surface area contributed by atoms with E-state index in [2.05, 4.69) is 0 Å². The Hall–Kier alpha value is -1.81. The fourth-order valence-electron chi connectivity index (χ4n) is 1.73. The van der Waals surface area contributed by atoms with E-state index in [9.17, 15) is 9.18 Å². The van der Waals surface area contributed by atoms with Crippen molar-refractivity contribution in [1.82, 2.24) is 0 Å². The molecular weight excluding hydrogens is 251 g/mol. The highest BCUT2D eigenvalue weighted by Gasteiger charge is 2.12. The van der Waals surface area contributed by atoms with Crippen LogP contribution in [-0.4, -0.2) is 17.3 Å². The van der Waals surface area contributed by atoms with Crippen LogP contribution in [-0.2, 0) is 0 Å². The maximum absolute atomic E-state index is 13.8. The molecule has 0 aromatic heterocycles. The predicted octanol–water partition coefficient (Wildman–Crippen LogP) is 3.91. The van der Waals surface area contributed by atoms with Gasteiger partial charge in [0.1, 0.15) is 5.82 Å². The molecule has 0 fully saturated rings. The molecule has 2 rings (SSSR count). The van der Waals surface area contributed by atoms with Crippen molar-refractivity contribution >= 4 is 17.7 Å². The molecule has 0 saturated carbocycles. The lowest BCUT2D eigenvalue weighted by atomic mass is 10.0. The minimum atomic E-state index is -1.06.